The molecule has 0 radical (unpaired) electrons. The Balaban J connectivity index is 1.13. The highest BCUT2D eigenvalue weighted by atomic mass is 16.5. The number of likely N-dealkylation sites (tertiary alicyclic amines) is 1. The Kier molecular flexibility index (Phi) is 8.38. The Labute approximate surface area is 256 Å². The predicted molar refractivity (Wildman–Crippen MR) is 167 cm³/mol. The highest BCUT2D eigenvalue weighted by Crippen LogP contribution is 2.40. The Morgan fingerprint density at radius 3 is 2.55 bits per heavy atom. The van der Waals surface area contributed by atoms with Crippen molar-refractivity contribution in [1.82, 2.24) is 15.2 Å². The van der Waals surface area contributed by atoms with Crippen LogP contribution < -0.4 is 26.0 Å². The van der Waals surface area contributed by atoms with Crippen molar-refractivity contribution >= 4 is 34.9 Å². The van der Waals surface area contributed by atoms with E-state index >= 15 is 0 Å². The number of nitrogens with one attached hydrogen (secondary N) is 2. The predicted octanol–water partition coefficient (Wildman–Crippen LogP) is 4.24. The summed E-state index contributed by atoms with van der Waals surface area (Å²) >= 11 is 0. The fourth-order valence-corrected chi connectivity index (χ4v) is 6.20. The van der Waals surface area contributed by atoms with Crippen LogP contribution in [-0.4, -0.2) is 72.5 Å². The van der Waals surface area contributed by atoms with Gasteiger partial charge in [-0.1, -0.05) is 30.3 Å². The molecule has 11 heteroatoms. The number of fused-ring (bicyclic) bond motifs is 1. The van der Waals surface area contributed by atoms with E-state index in [1.54, 1.807) is 35.4 Å². The molecule has 6 rings (SSSR count). The van der Waals surface area contributed by atoms with E-state index in [9.17, 15) is 14.4 Å². The molecule has 0 atom stereocenters. The molecule has 0 unspecified atom stereocenters. The maximum absolute atomic E-state index is 13.9. The van der Waals surface area contributed by atoms with Crippen molar-refractivity contribution in [3.63, 3.8) is 0 Å². The number of Topliss-reactive ketones (excluding diaryl/α,β-unsaturated/α-hetero) is 1. The smallest absolute Gasteiger partial charge is 0.319 e. The van der Waals surface area contributed by atoms with Gasteiger partial charge in [0.15, 0.2) is 5.78 Å². The summed E-state index contributed by atoms with van der Waals surface area (Å²) in [5.74, 6) is 1.03. The summed E-state index contributed by atoms with van der Waals surface area (Å²) in [4.78, 5) is 47.6. The number of hydrogen-bond donors (Lipinski definition) is 3. The molecule has 4 N–H and O–H groups in total. The number of aromatic nitrogens is 1. The van der Waals surface area contributed by atoms with Gasteiger partial charge in [-0.05, 0) is 42.7 Å². The second kappa shape index (κ2) is 12.5. The van der Waals surface area contributed by atoms with Gasteiger partial charge in [-0.3, -0.25) is 9.59 Å². The monoisotopic (exact) mass is 598 g/mol. The summed E-state index contributed by atoms with van der Waals surface area (Å²) in [6.07, 6.45) is 4.67. The summed E-state index contributed by atoms with van der Waals surface area (Å²) in [6.45, 7) is 2.90. The van der Waals surface area contributed by atoms with Crippen LogP contribution in [-0.2, 0) is 11.3 Å². The van der Waals surface area contributed by atoms with Gasteiger partial charge in [0, 0.05) is 51.8 Å². The van der Waals surface area contributed by atoms with E-state index in [0.717, 1.165) is 31.5 Å². The largest absolute Gasteiger partial charge is 0.486 e. The first kappa shape index (κ1) is 29.4. The number of carbonyl (C=O) groups is 3. The highest BCUT2D eigenvalue weighted by molar-refractivity contribution is 6.04. The Morgan fingerprint density at radius 1 is 1.07 bits per heavy atom. The molecule has 2 aromatic carbocycles. The number of nitrogen functional groups attached to an aromatic ring is 1. The number of nitrogens with zero attached hydrogens (tertiary/aromatic N) is 3. The van der Waals surface area contributed by atoms with Crippen LogP contribution in [0.25, 0.3) is 0 Å². The minimum Gasteiger partial charge on any atom is -0.486 e. The third-order valence-corrected chi connectivity index (χ3v) is 8.76. The molecule has 4 heterocycles. The molecule has 1 aromatic heterocycles. The number of piperidine rings is 2. The SMILES string of the molecule is CNC(=O)Nc1cnc(N2CCC(OCc3ccccc3)CC2)cc1C(=O)N1CCC2(CC1)CC(=O)c1cc(N)ccc1O2. The average molecular weight is 599 g/mol. The zero-order valence-electron chi connectivity index (χ0n) is 24.9. The van der Waals surface area contributed by atoms with Crippen molar-refractivity contribution < 1.29 is 23.9 Å². The third kappa shape index (κ3) is 6.33. The first-order valence-corrected chi connectivity index (χ1v) is 15.1. The minimum atomic E-state index is -0.656. The van der Waals surface area contributed by atoms with Gasteiger partial charge in [-0.2, -0.15) is 0 Å². The number of rotatable bonds is 6. The summed E-state index contributed by atoms with van der Waals surface area (Å²) in [5, 5.41) is 5.29. The molecule has 2 saturated heterocycles. The van der Waals surface area contributed by atoms with Gasteiger partial charge in [0.1, 0.15) is 17.2 Å². The third-order valence-electron chi connectivity index (χ3n) is 8.76. The lowest BCUT2D eigenvalue weighted by atomic mass is 9.82. The Bertz CT molecular complexity index is 1530. The number of nitrogens with two attached hydrogens (primary N) is 1. The van der Waals surface area contributed by atoms with Gasteiger partial charge in [-0.15, -0.1) is 0 Å². The van der Waals surface area contributed by atoms with Crippen LogP contribution in [0.2, 0.25) is 0 Å². The molecule has 3 aliphatic rings. The lowest BCUT2D eigenvalue weighted by Crippen LogP contribution is -2.52. The van der Waals surface area contributed by atoms with E-state index < -0.39 is 11.6 Å². The second-order valence-corrected chi connectivity index (χ2v) is 11.7. The van der Waals surface area contributed by atoms with Gasteiger partial charge in [-0.25, -0.2) is 9.78 Å². The zero-order valence-corrected chi connectivity index (χ0v) is 24.9. The maximum Gasteiger partial charge on any atom is 0.319 e. The van der Waals surface area contributed by atoms with Crippen molar-refractivity contribution in [3.05, 3.63) is 77.5 Å². The minimum absolute atomic E-state index is 0.00315. The number of urea groups is 1. The summed E-state index contributed by atoms with van der Waals surface area (Å²) in [6, 6.07) is 16.6. The van der Waals surface area contributed by atoms with Crippen LogP contribution in [0.5, 0.6) is 5.75 Å². The molecule has 230 valence electrons. The quantitative estimate of drug-likeness (QED) is 0.358. The number of benzene rings is 2. The zero-order chi connectivity index (χ0) is 30.7. The summed E-state index contributed by atoms with van der Waals surface area (Å²) < 4.78 is 12.5. The molecular weight excluding hydrogens is 560 g/mol. The first-order chi connectivity index (χ1) is 21.3. The van der Waals surface area contributed by atoms with Gasteiger partial charge in [0.2, 0.25) is 0 Å². The number of carbonyl (C=O) groups excluding carboxylic acids is 3. The van der Waals surface area contributed by atoms with Crippen LogP contribution in [0.4, 0.5) is 22.0 Å². The number of pyridine rings is 1. The molecule has 0 saturated carbocycles. The molecule has 2 fully saturated rings. The van der Waals surface area contributed by atoms with E-state index in [1.807, 2.05) is 18.2 Å². The first-order valence-electron chi connectivity index (χ1n) is 15.1. The molecule has 0 bridgehead atoms. The fraction of sp³-hybridized carbons (Fsp3) is 0.394. The van der Waals surface area contributed by atoms with E-state index in [1.165, 1.54) is 7.05 Å². The number of amides is 3. The topological polar surface area (TPSA) is 139 Å². The van der Waals surface area contributed by atoms with Crippen LogP contribution in [0.3, 0.4) is 0 Å². The normalized spacial score (nSPS) is 18.0. The van der Waals surface area contributed by atoms with Crippen molar-refractivity contribution in [2.75, 3.05) is 49.2 Å². The van der Waals surface area contributed by atoms with Gasteiger partial charge in [0.05, 0.1) is 42.1 Å². The second-order valence-electron chi connectivity index (χ2n) is 11.7. The molecule has 3 amide bonds. The molecule has 1 spiro atoms. The standard InChI is InChI=1S/C33H38N6O5/c1-35-32(42)37-27-20-36-30(38-13-9-24(10-14-38)43-21-22-5-3-2-4-6-22)18-25(27)31(41)39-15-11-33(12-16-39)19-28(40)26-17-23(34)7-8-29(26)44-33/h2-8,17-18,20,24H,9-16,19,21,34H2,1H3,(H2,35,37,42). The van der Waals surface area contributed by atoms with Crippen molar-refractivity contribution in [3.8, 4) is 5.75 Å². The van der Waals surface area contributed by atoms with Crippen molar-refractivity contribution in [2.45, 2.75) is 50.4 Å². The number of ketones is 1. The van der Waals surface area contributed by atoms with Crippen LogP contribution >= 0.6 is 0 Å². The number of anilines is 3. The number of ether oxygens (including phenoxy) is 2. The van der Waals surface area contributed by atoms with E-state index in [-0.39, 0.29) is 24.2 Å². The summed E-state index contributed by atoms with van der Waals surface area (Å²) in [7, 11) is 1.52. The molecular formula is C33H38N6O5. The van der Waals surface area contributed by atoms with Gasteiger partial charge < -0.3 is 35.6 Å². The Hall–Kier alpha value is -4.64. The van der Waals surface area contributed by atoms with E-state index in [4.69, 9.17) is 15.2 Å². The Morgan fingerprint density at radius 2 is 1.82 bits per heavy atom. The van der Waals surface area contributed by atoms with E-state index in [2.05, 4.69) is 32.7 Å². The molecule has 3 aliphatic heterocycles. The van der Waals surface area contributed by atoms with Crippen LogP contribution in [0, 0.1) is 0 Å². The highest BCUT2D eigenvalue weighted by Gasteiger charge is 2.44. The van der Waals surface area contributed by atoms with Crippen molar-refractivity contribution in [1.29, 1.82) is 0 Å². The van der Waals surface area contributed by atoms with E-state index in [0.29, 0.717) is 66.6 Å². The summed E-state index contributed by atoms with van der Waals surface area (Å²) in [5.41, 5.74) is 8.12. The fourth-order valence-electron chi connectivity index (χ4n) is 6.20. The van der Waals surface area contributed by atoms with Crippen molar-refractivity contribution in [2.24, 2.45) is 0 Å². The molecule has 3 aromatic rings. The maximum atomic E-state index is 13.9. The lowest BCUT2D eigenvalue weighted by Gasteiger charge is -2.44. The molecule has 11 nitrogen and oxygen atoms in total. The van der Waals surface area contributed by atoms with Gasteiger partial charge in [0.25, 0.3) is 5.91 Å². The lowest BCUT2D eigenvalue weighted by molar-refractivity contribution is -0.00567. The average Bonchev–Trinajstić information content (AvgIpc) is 3.05. The molecule has 0 aliphatic carbocycles. The van der Waals surface area contributed by atoms with Crippen LogP contribution in [0.1, 0.15) is 58.4 Å². The van der Waals surface area contributed by atoms with Crippen LogP contribution in [0.15, 0.2) is 60.8 Å². The number of hydrogen-bond acceptors (Lipinski definition) is 8. The molecule has 44 heavy (non-hydrogen) atoms. The van der Waals surface area contributed by atoms with Gasteiger partial charge >= 0.3 is 6.03 Å².